The Morgan fingerprint density at radius 2 is 2.00 bits per heavy atom. The molecule has 2 rings (SSSR count). The topological polar surface area (TPSA) is 88.2 Å². The zero-order valence-electron chi connectivity index (χ0n) is 12.9. The summed E-state index contributed by atoms with van der Waals surface area (Å²) < 4.78 is 23.0. The number of aryl methyl sites for hydroxylation is 2. The van der Waals surface area contributed by atoms with Gasteiger partial charge in [0.05, 0.1) is 5.69 Å². The van der Waals surface area contributed by atoms with E-state index in [1.54, 1.807) is 0 Å². The molecule has 1 fully saturated rings. The van der Waals surface area contributed by atoms with E-state index in [1.807, 2.05) is 13.8 Å². The molecule has 6 nitrogen and oxygen atoms in total. The van der Waals surface area contributed by atoms with Crippen LogP contribution in [0.25, 0.3) is 0 Å². The molecule has 1 amide bonds. The van der Waals surface area contributed by atoms with Gasteiger partial charge in [0.15, 0.2) is 19.7 Å². The maximum absolute atomic E-state index is 12.6. The van der Waals surface area contributed by atoms with Gasteiger partial charge in [0.25, 0.3) is 0 Å². The number of thiazole rings is 1. The quantitative estimate of drug-likeness (QED) is 0.842. The van der Waals surface area contributed by atoms with Gasteiger partial charge < -0.3 is 10.6 Å². The predicted molar refractivity (Wildman–Crippen MR) is 91.8 cm³/mol. The van der Waals surface area contributed by atoms with Crippen molar-refractivity contribution in [3.05, 3.63) is 10.6 Å². The Morgan fingerprint density at radius 1 is 1.41 bits per heavy atom. The number of halogens is 1. The average molecular weight is 368 g/mol. The van der Waals surface area contributed by atoms with Crippen molar-refractivity contribution in [1.82, 2.24) is 10.3 Å². The highest BCUT2D eigenvalue weighted by atomic mass is 35.5. The first-order valence-electron chi connectivity index (χ1n) is 6.98. The van der Waals surface area contributed by atoms with Crippen LogP contribution in [0, 0.1) is 6.92 Å². The Morgan fingerprint density at radius 3 is 2.45 bits per heavy atom. The molecule has 0 aliphatic carbocycles. The summed E-state index contributed by atoms with van der Waals surface area (Å²) in [5, 5.41) is 6.29. The van der Waals surface area contributed by atoms with Crippen LogP contribution in [0.4, 0.5) is 5.13 Å². The maximum atomic E-state index is 12.6. The molecule has 2 heterocycles. The lowest BCUT2D eigenvalue weighted by molar-refractivity contribution is -0.119. The molecule has 0 aromatic carbocycles. The number of sulfone groups is 1. The van der Waals surface area contributed by atoms with Gasteiger partial charge in [-0.3, -0.25) is 4.79 Å². The van der Waals surface area contributed by atoms with Crippen LogP contribution in [-0.4, -0.2) is 43.4 Å². The van der Waals surface area contributed by atoms with Gasteiger partial charge in [-0.2, -0.15) is 0 Å². The minimum Gasteiger partial charge on any atom is -0.317 e. The number of piperidine rings is 1. The molecule has 1 aliphatic heterocycles. The Balaban J connectivity index is 0.00000242. The van der Waals surface area contributed by atoms with Crippen molar-refractivity contribution in [2.45, 2.75) is 37.9 Å². The van der Waals surface area contributed by atoms with Gasteiger partial charge in [-0.15, -0.1) is 23.7 Å². The fourth-order valence-corrected chi connectivity index (χ4v) is 4.85. The molecule has 0 atom stereocenters. The lowest BCUT2D eigenvalue weighted by atomic mass is 9.96. The molecule has 2 N–H and O–H groups in total. The second-order valence-corrected chi connectivity index (χ2v) is 8.88. The fourth-order valence-electron chi connectivity index (χ4n) is 2.62. The van der Waals surface area contributed by atoms with E-state index in [9.17, 15) is 13.2 Å². The van der Waals surface area contributed by atoms with Gasteiger partial charge in [-0.05, 0) is 39.3 Å². The largest absolute Gasteiger partial charge is 0.317 e. The van der Waals surface area contributed by atoms with Crippen molar-refractivity contribution in [2.24, 2.45) is 0 Å². The first-order valence-corrected chi connectivity index (χ1v) is 9.69. The van der Waals surface area contributed by atoms with Gasteiger partial charge in [0.1, 0.15) is 0 Å². The van der Waals surface area contributed by atoms with Crippen LogP contribution in [0.3, 0.4) is 0 Å². The molecule has 1 saturated heterocycles. The number of rotatable bonds is 4. The highest BCUT2D eigenvalue weighted by molar-refractivity contribution is 7.92. The summed E-state index contributed by atoms with van der Waals surface area (Å²) in [5.41, 5.74) is 0.939. The molecule has 1 aromatic heterocycles. The molecule has 0 spiro atoms. The summed E-state index contributed by atoms with van der Waals surface area (Å²) in [7, 11) is -3.49. The minimum absolute atomic E-state index is 0. The molecule has 22 heavy (non-hydrogen) atoms. The van der Waals surface area contributed by atoms with Crippen LogP contribution in [0.15, 0.2) is 0 Å². The van der Waals surface area contributed by atoms with Crippen LogP contribution < -0.4 is 10.6 Å². The number of carbonyl (C=O) groups is 1. The van der Waals surface area contributed by atoms with Gasteiger partial charge in [0, 0.05) is 11.1 Å². The fraction of sp³-hybridized carbons (Fsp3) is 0.692. The van der Waals surface area contributed by atoms with Crippen molar-refractivity contribution in [1.29, 1.82) is 0 Å². The highest BCUT2D eigenvalue weighted by Crippen LogP contribution is 2.31. The number of nitrogens with zero attached hydrogens (tertiary/aromatic N) is 1. The normalized spacial score (nSPS) is 17.6. The summed E-state index contributed by atoms with van der Waals surface area (Å²) >= 11 is 1.39. The summed E-state index contributed by atoms with van der Waals surface area (Å²) in [4.78, 5) is 18.0. The molecular weight excluding hydrogens is 346 g/mol. The third kappa shape index (κ3) is 3.61. The third-order valence-corrected chi connectivity index (χ3v) is 6.92. The van der Waals surface area contributed by atoms with Crippen molar-refractivity contribution in [3.63, 3.8) is 0 Å². The van der Waals surface area contributed by atoms with Gasteiger partial charge in [0.2, 0.25) is 5.91 Å². The first-order chi connectivity index (χ1) is 9.80. The predicted octanol–water partition coefficient (Wildman–Crippen LogP) is 1.54. The van der Waals surface area contributed by atoms with E-state index in [0.29, 0.717) is 31.1 Å². The van der Waals surface area contributed by atoms with Gasteiger partial charge in [-0.1, -0.05) is 6.92 Å². The van der Waals surface area contributed by atoms with E-state index in [1.165, 1.54) is 11.3 Å². The molecular formula is C13H22ClN3O3S2. The molecule has 9 heteroatoms. The van der Waals surface area contributed by atoms with Gasteiger partial charge >= 0.3 is 0 Å². The summed E-state index contributed by atoms with van der Waals surface area (Å²) in [6, 6.07) is 0. The zero-order valence-corrected chi connectivity index (χ0v) is 15.4. The van der Waals surface area contributed by atoms with Crippen LogP contribution in [0.2, 0.25) is 0 Å². The standard InChI is InChI=1S/C13H21N3O3S2.ClH/c1-4-10-9(2)20-12(15-10)16-11(17)13(21(3,18)19)5-7-14-8-6-13;/h14H,4-8H2,1-3H3,(H,15,16,17);1H. The Kier molecular flexibility index (Phi) is 6.37. The van der Waals surface area contributed by atoms with Crippen molar-refractivity contribution in [3.8, 4) is 0 Å². The summed E-state index contributed by atoms with van der Waals surface area (Å²) in [6.07, 6.45) is 2.52. The maximum Gasteiger partial charge on any atom is 0.247 e. The minimum atomic E-state index is -3.49. The number of hydrogen-bond donors (Lipinski definition) is 2. The highest BCUT2D eigenvalue weighted by Gasteiger charge is 2.48. The van der Waals surface area contributed by atoms with E-state index in [-0.39, 0.29) is 12.4 Å². The lowest BCUT2D eigenvalue weighted by Gasteiger charge is -2.33. The SMILES string of the molecule is CCc1nc(NC(=O)C2(S(C)(=O)=O)CCNCC2)sc1C.Cl. The number of aromatic nitrogens is 1. The van der Waals surface area contributed by atoms with E-state index in [0.717, 1.165) is 23.2 Å². The average Bonchev–Trinajstić information content (AvgIpc) is 2.78. The molecule has 126 valence electrons. The monoisotopic (exact) mass is 367 g/mol. The van der Waals surface area contributed by atoms with Crippen LogP contribution in [0.5, 0.6) is 0 Å². The Hall–Kier alpha value is -0.700. The summed E-state index contributed by atoms with van der Waals surface area (Å²) in [6.45, 7) is 5.00. The first kappa shape index (κ1) is 19.3. The molecule has 1 aliphatic rings. The molecule has 0 saturated carbocycles. The van der Waals surface area contributed by atoms with Crippen molar-refractivity contribution < 1.29 is 13.2 Å². The van der Waals surface area contributed by atoms with Crippen LogP contribution in [0.1, 0.15) is 30.3 Å². The molecule has 0 bridgehead atoms. The molecule has 1 aromatic rings. The smallest absolute Gasteiger partial charge is 0.247 e. The Bertz CT molecular complexity index is 637. The number of amides is 1. The van der Waals surface area contributed by atoms with E-state index in [4.69, 9.17) is 0 Å². The molecule has 0 unspecified atom stereocenters. The number of carbonyl (C=O) groups excluding carboxylic acids is 1. The lowest BCUT2D eigenvalue weighted by Crippen LogP contribution is -2.55. The number of nitrogens with one attached hydrogen (secondary N) is 2. The number of hydrogen-bond acceptors (Lipinski definition) is 6. The second-order valence-electron chi connectivity index (χ2n) is 5.35. The van der Waals surface area contributed by atoms with Gasteiger partial charge in [-0.25, -0.2) is 13.4 Å². The van der Waals surface area contributed by atoms with Crippen LogP contribution >= 0.6 is 23.7 Å². The van der Waals surface area contributed by atoms with Crippen molar-refractivity contribution >= 4 is 44.6 Å². The Labute approximate surface area is 141 Å². The number of anilines is 1. The second kappa shape index (κ2) is 7.25. The van der Waals surface area contributed by atoms with E-state index >= 15 is 0 Å². The zero-order chi connectivity index (χ0) is 15.7. The van der Waals surface area contributed by atoms with Crippen molar-refractivity contribution in [2.75, 3.05) is 24.7 Å². The van der Waals surface area contributed by atoms with E-state index in [2.05, 4.69) is 15.6 Å². The third-order valence-electron chi connectivity index (χ3n) is 3.98. The van der Waals surface area contributed by atoms with Crippen LogP contribution in [-0.2, 0) is 21.1 Å². The van der Waals surface area contributed by atoms with E-state index < -0.39 is 20.5 Å². The summed E-state index contributed by atoms with van der Waals surface area (Å²) in [5.74, 6) is -0.456. The molecule has 0 radical (unpaired) electrons.